The van der Waals surface area contributed by atoms with Gasteiger partial charge in [-0.15, -0.1) is 0 Å². The number of nitrogens with zero attached hydrogens (tertiary/aromatic N) is 1. The molecule has 0 aromatic heterocycles. The first kappa shape index (κ1) is 13.4. The summed E-state index contributed by atoms with van der Waals surface area (Å²) in [7, 11) is 0. The largest absolute Gasteiger partial charge is 0.340 e. The van der Waals surface area contributed by atoms with Crippen molar-refractivity contribution < 1.29 is 9.59 Å². The second-order valence-electron chi connectivity index (χ2n) is 5.93. The predicted molar refractivity (Wildman–Crippen MR) is 70.0 cm³/mol. The normalized spacial score (nSPS) is 23.6. The predicted octanol–water partition coefficient (Wildman–Crippen LogP) is 1.84. The van der Waals surface area contributed by atoms with Crippen molar-refractivity contribution in [2.45, 2.75) is 70.4 Å². The summed E-state index contributed by atoms with van der Waals surface area (Å²) in [6.07, 6.45) is 5.45. The Labute approximate surface area is 109 Å². The van der Waals surface area contributed by atoms with E-state index >= 15 is 0 Å². The molecule has 2 aliphatic rings. The quantitative estimate of drug-likeness (QED) is 0.833. The first-order valence-electron chi connectivity index (χ1n) is 7.10. The third-order valence-electron chi connectivity index (χ3n) is 4.97. The second kappa shape index (κ2) is 4.56. The number of rotatable bonds is 3. The lowest BCUT2D eigenvalue weighted by molar-refractivity contribution is -0.156. The molecule has 1 aliphatic heterocycles. The van der Waals surface area contributed by atoms with Crippen molar-refractivity contribution in [2.24, 2.45) is 0 Å². The summed E-state index contributed by atoms with van der Waals surface area (Å²) >= 11 is 0. The van der Waals surface area contributed by atoms with Crippen molar-refractivity contribution >= 4 is 11.8 Å². The summed E-state index contributed by atoms with van der Waals surface area (Å²) in [5, 5.41) is 2.96. The van der Waals surface area contributed by atoms with E-state index in [-0.39, 0.29) is 23.9 Å². The first-order valence-corrected chi connectivity index (χ1v) is 7.10. The highest BCUT2D eigenvalue weighted by atomic mass is 16.2. The molecule has 2 rings (SSSR count). The number of piperazine rings is 1. The van der Waals surface area contributed by atoms with Gasteiger partial charge in [0.25, 0.3) is 0 Å². The molecule has 1 saturated carbocycles. The molecule has 0 atom stereocenters. The van der Waals surface area contributed by atoms with Gasteiger partial charge in [-0.05, 0) is 32.6 Å². The molecule has 2 fully saturated rings. The number of hydrogen-bond acceptors (Lipinski definition) is 2. The van der Waals surface area contributed by atoms with Gasteiger partial charge in [0.15, 0.2) is 0 Å². The van der Waals surface area contributed by atoms with Crippen molar-refractivity contribution in [3.05, 3.63) is 0 Å². The third kappa shape index (κ3) is 1.91. The molecular formula is C14H24N2O2. The van der Waals surface area contributed by atoms with Crippen LogP contribution in [0.2, 0.25) is 0 Å². The fourth-order valence-corrected chi connectivity index (χ4v) is 3.22. The Kier molecular flexibility index (Phi) is 3.39. The van der Waals surface area contributed by atoms with Crippen molar-refractivity contribution in [3.63, 3.8) is 0 Å². The van der Waals surface area contributed by atoms with Gasteiger partial charge >= 0.3 is 0 Å². The molecule has 102 valence electrons. The van der Waals surface area contributed by atoms with Crippen LogP contribution in [0.4, 0.5) is 0 Å². The highest BCUT2D eigenvalue weighted by molar-refractivity contribution is 5.98. The summed E-state index contributed by atoms with van der Waals surface area (Å²) in [4.78, 5) is 26.6. The second-order valence-corrected chi connectivity index (χ2v) is 5.93. The smallest absolute Gasteiger partial charge is 0.249 e. The zero-order valence-electron chi connectivity index (χ0n) is 11.7. The van der Waals surface area contributed by atoms with Crippen LogP contribution in [-0.2, 0) is 9.59 Å². The number of carbonyl (C=O) groups is 2. The van der Waals surface area contributed by atoms with Crippen molar-refractivity contribution in [2.75, 3.05) is 6.54 Å². The van der Waals surface area contributed by atoms with Gasteiger partial charge in [0.2, 0.25) is 11.8 Å². The lowest BCUT2D eigenvalue weighted by Gasteiger charge is -2.48. The highest BCUT2D eigenvalue weighted by Gasteiger charge is 2.51. The molecule has 0 radical (unpaired) electrons. The zero-order chi connectivity index (χ0) is 13.4. The van der Waals surface area contributed by atoms with Crippen molar-refractivity contribution in [1.29, 1.82) is 0 Å². The average Bonchev–Trinajstić information content (AvgIpc) is 2.82. The minimum Gasteiger partial charge on any atom is -0.340 e. The Hall–Kier alpha value is -1.06. The van der Waals surface area contributed by atoms with E-state index in [1.165, 1.54) is 0 Å². The number of nitrogens with one attached hydrogen (secondary N) is 1. The zero-order valence-corrected chi connectivity index (χ0v) is 11.7. The Morgan fingerprint density at radius 1 is 1.22 bits per heavy atom. The molecule has 1 spiro atoms. The van der Waals surface area contributed by atoms with Crippen LogP contribution < -0.4 is 5.32 Å². The van der Waals surface area contributed by atoms with Gasteiger partial charge < -0.3 is 10.2 Å². The average molecular weight is 252 g/mol. The first-order chi connectivity index (χ1) is 8.47. The van der Waals surface area contributed by atoms with Crippen LogP contribution in [-0.4, -0.2) is 34.3 Å². The molecule has 2 amide bonds. The van der Waals surface area contributed by atoms with E-state index in [4.69, 9.17) is 0 Å². The fraction of sp³-hybridized carbons (Fsp3) is 0.857. The van der Waals surface area contributed by atoms with Crippen LogP contribution in [0.3, 0.4) is 0 Å². The van der Waals surface area contributed by atoms with Crippen LogP contribution >= 0.6 is 0 Å². The van der Waals surface area contributed by atoms with Gasteiger partial charge in [-0.1, -0.05) is 26.7 Å². The molecule has 4 nitrogen and oxygen atoms in total. The summed E-state index contributed by atoms with van der Waals surface area (Å²) in [5.74, 6) is 0.149. The Balaban J connectivity index is 2.31. The summed E-state index contributed by atoms with van der Waals surface area (Å²) in [5.41, 5.74) is -0.772. The lowest BCUT2D eigenvalue weighted by atomic mass is 9.86. The monoisotopic (exact) mass is 252 g/mol. The van der Waals surface area contributed by atoms with Crippen LogP contribution in [0.25, 0.3) is 0 Å². The molecule has 0 unspecified atom stereocenters. The van der Waals surface area contributed by atoms with E-state index in [1.54, 1.807) is 0 Å². The van der Waals surface area contributed by atoms with E-state index in [1.807, 2.05) is 4.90 Å². The Morgan fingerprint density at radius 3 is 2.28 bits per heavy atom. The third-order valence-corrected chi connectivity index (χ3v) is 4.97. The molecule has 1 aliphatic carbocycles. The van der Waals surface area contributed by atoms with Gasteiger partial charge in [0, 0.05) is 5.54 Å². The maximum absolute atomic E-state index is 12.8. The van der Waals surface area contributed by atoms with Crippen LogP contribution in [0.15, 0.2) is 0 Å². The SMILES string of the molecule is CCC(C)(CC)N1CC(=O)NC2(CCCC2)C1=O. The molecule has 1 N–H and O–H groups in total. The topological polar surface area (TPSA) is 49.4 Å². The maximum atomic E-state index is 12.8. The Bertz CT molecular complexity index is 355. The highest BCUT2D eigenvalue weighted by Crippen LogP contribution is 2.37. The van der Waals surface area contributed by atoms with Crippen LogP contribution in [0, 0.1) is 0 Å². The van der Waals surface area contributed by atoms with Gasteiger partial charge in [-0.2, -0.15) is 0 Å². The number of carbonyl (C=O) groups excluding carboxylic acids is 2. The van der Waals surface area contributed by atoms with E-state index in [0.717, 1.165) is 38.5 Å². The summed E-state index contributed by atoms with van der Waals surface area (Å²) < 4.78 is 0. The maximum Gasteiger partial charge on any atom is 0.249 e. The molecule has 18 heavy (non-hydrogen) atoms. The van der Waals surface area contributed by atoms with E-state index in [9.17, 15) is 9.59 Å². The van der Waals surface area contributed by atoms with E-state index < -0.39 is 5.54 Å². The molecule has 0 aromatic rings. The Morgan fingerprint density at radius 2 is 1.78 bits per heavy atom. The van der Waals surface area contributed by atoms with Crippen LogP contribution in [0.1, 0.15) is 59.3 Å². The van der Waals surface area contributed by atoms with E-state index in [0.29, 0.717) is 0 Å². The standard InChI is InChI=1S/C14H24N2O2/c1-4-13(3,5-2)16-10-11(17)15-14(12(16)18)8-6-7-9-14/h4-10H2,1-3H3,(H,15,17). The molecule has 1 heterocycles. The van der Waals surface area contributed by atoms with Gasteiger partial charge in [-0.3, -0.25) is 9.59 Å². The van der Waals surface area contributed by atoms with Crippen molar-refractivity contribution in [3.8, 4) is 0 Å². The molecule has 0 aromatic carbocycles. The molecule has 0 bridgehead atoms. The lowest BCUT2D eigenvalue weighted by Crippen LogP contribution is -2.69. The molecule has 4 heteroatoms. The number of amides is 2. The molecule has 1 saturated heterocycles. The summed E-state index contributed by atoms with van der Waals surface area (Å²) in [6, 6.07) is 0. The van der Waals surface area contributed by atoms with Gasteiger partial charge in [0.1, 0.15) is 12.1 Å². The number of hydrogen-bond donors (Lipinski definition) is 1. The van der Waals surface area contributed by atoms with Crippen molar-refractivity contribution in [1.82, 2.24) is 10.2 Å². The minimum absolute atomic E-state index is 0.00428. The minimum atomic E-state index is -0.582. The molecular weight excluding hydrogens is 228 g/mol. The fourth-order valence-electron chi connectivity index (χ4n) is 3.22. The van der Waals surface area contributed by atoms with Crippen LogP contribution in [0.5, 0.6) is 0 Å². The van der Waals surface area contributed by atoms with Gasteiger partial charge in [-0.25, -0.2) is 0 Å². The van der Waals surface area contributed by atoms with Gasteiger partial charge in [0.05, 0.1) is 0 Å². The van der Waals surface area contributed by atoms with E-state index in [2.05, 4.69) is 26.1 Å². The summed E-state index contributed by atoms with van der Waals surface area (Å²) in [6.45, 7) is 6.49.